The predicted octanol–water partition coefficient (Wildman–Crippen LogP) is 6.34. The zero-order valence-electron chi connectivity index (χ0n) is 30.3. The number of hydrogen-bond acceptors (Lipinski definition) is 9. The highest BCUT2D eigenvalue weighted by atomic mass is 35.5. The van der Waals surface area contributed by atoms with Crippen LogP contribution in [0.1, 0.15) is 107 Å². The normalized spacial score (nSPS) is 21.8. The number of rotatable bonds is 14. The van der Waals surface area contributed by atoms with E-state index in [1.54, 1.807) is 42.7 Å². The Balaban J connectivity index is 0.000000677. The van der Waals surface area contributed by atoms with Gasteiger partial charge in [0.15, 0.2) is 0 Å². The topological polar surface area (TPSA) is 105 Å². The maximum atomic E-state index is 5.95. The van der Waals surface area contributed by atoms with E-state index in [-0.39, 0.29) is 22.2 Å². The van der Waals surface area contributed by atoms with Gasteiger partial charge in [0.25, 0.3) is 0 Å². The monoisotopic (exact) mass is 671 g/mol. The first-order valence-corrected chi connectivity index (χ1v) is 20.3. The van der Waals surface area contributed by atoms with E-state index in [2.05, 4.69) is 66.0 Å². The van der Waals surface area contributed by atoms with Gasteiger partial charge < -0.3 is 42.9 Å². The molecule has 2 aliphatic heterocycles. The summed E-state index contributed by atoms with van der Waals surface area (Å²) in [6.45, 7) is 18.1. The summed E-state index contributed by atoms with van der Waals surface area (Å²) < 4.78 is 32.0. The highest BCUT2D eigenvalue weighted by Crippen LogP contribution is 2.36. The Morgan fingerprint density at radius 2 is 0.907 bits per heavy atom. The van der Waals surface area contributed by atoms with E-state index in [9.17, 15) is 0 Å². The molecule has 0 aliphatic carbocycles. The average Bonchev–Trinajstić information content (AvgIpc) is 2.87. The van der Waals surface area contributed by atoms with Crippen LogP contribution in [0.15, 0.2) is 0 Å². The summed E-state index contributed by atoms with van der Waals surface area (Å²) in [6, 6.07) is 2.05. The van der Waals surface area contributed by atoms with Gasteiger partial charge >= 0.3 is 17.6 Å². The number of nitrogens with two attached hydrogens (primary N) is 1. The standard InChI is InChI=1S/C16H35NO3Si.C9H20N2.C6H15ClO3Si/c1-15(2)12-14(13-16(3,4)17-15)10-8-9-11-21(18-5,19-6)20-7;1-8(2)5-7(10)6-9(3,4)11-8;1-8-11(9-2,10-3)6-4-5-7/h14,17H,8-13H2,1-7H3;7,11H,5-6,10H2,1-4H3;4-6H2,1-3H3. The third kappa shape index (κ3) is 17.2. The highest BCUT2D eigenvalue weighted by Gasteiger charge is 2.39. The van der Waals surface area contributed by atoms with Gasteiger partial charge in [-0.1, -0.05) is 12.8 Å². The lowest BCUT2D eigenvalue weighted by Gasteiger charge is -2.46. The molecule has 2 rings (SSSR count). The van der Waals surface area contributed by atoms with Gasteiger partial charge in [-0.25, -0.2) is 0 Å². The molecule has 2 heterocycles. The van der Waals surface area contributed by atoms with E-state index in [4.69, 9.17) is 43.9 Å². The first kappa shape index (κ1) is 43.4. The van der Waals surface area contributed by atoms with Crippen LogP contribution in [0.5, 0.6) is 0 Å². The van der Waals surface area contributed by atoms with Gasteiger partial charge in [0.2, 0.25) is 0 Å². The molecule has 4 N–H and O–H groups in total. The smallest absolute Gasteiger partial charge is 0.377 e. The second-order valence-corrected chi connectivity index (χ2v) is 21.4. The number of piperidine rings is 2. The average molecular weight is 673 g/mol. The van der Waals surface area contributed by atoms with Crippen molar-refractivity contribution in [3.63, 3.8) is 0 Å². The predicted molar refractivity (Wildman–Crippen MR) is 185 cm³/mol. The molecule has 0 aromatic rings. The summed E-state index contributed by atoms with van der Waals surface area (Å²) in [7, 11) is 5.19. The third-order valence-corrected chi connectivity index (χ3v) is 14.3. The van der Waals surface area contributed by atoms with Gasteiger partial charge in [-0.3, -0.25) is 0 Å². The highest BCUT2D eigenvalue weighted by molar-refractivity contribution is 6.60. The van der Waals surface area contributed by atoms with Crippen LogP contribution in [0.3, 0.4) is 0 Å². The maximum absolute atomic E-state index is 5.95. The van der Waals surface area contributed by atoms with Crippen molar-refractivity contribution in [3.8, 4) is 0 Å². The number of unbranched alkanes of at least 4 members (excludes halogenated alkanes) is 1. The lowest BCUT2D eigenvalue weighted by molar-refractivity contribution is 0.116. The fourth-order valence-corrected chi connectivity index (χ4v) is 11.2. The fraction of sp³-hybridized carbons (Fsp3) is 1.00. The van der Waals surface area contributed by atoms with Gasteiger partial charge in [0.1, 0.15) is 0 Å². The Labute approximate surface area is 273 Å². The van der Waals surface area contributed by atoms with Crippen LogP contribution in [-0.4, -0.2) is 94.3 Å². The molecular formula is C31H70ClN3O6Si2. The van der Waals surface area contributed by atoms with Crippen molar-refractivity contribution >= 4 is 29.2 Å². The van der Waals surface area contributed by atoms with Crippen LogP contribution in [-0.2, 0) is 26.6 Å². The van der Waals surface area contributed by atoms with E-state index in [0.717, 1.165) is 43.7 Å². The minimum Gasteiger partial charge on any atom is -0.377 e. The summed E-state index contributed by atoms with van der Waals surface area (Å²) in [5.41, 5.74) is 6.86. The van der Waals surface area contributed by atoms with Crippen LogP contribution < -0.4 is 16.4 Å². The molecule has 43 heavy (non-hydrogen) atoms. The summed E-state index contributed by atoms with van der Waals surface area (Å²) >= 11 is 5.53. The Morgan fingerprint density at radius 3 is 1.21 bits per heavy atom. The molecule has 2 fully saturated rings. The molecule has 2 aliphatic rings. The van der Waals surface area contributed by atoms with Crippen molar-refractivity contribution in [2.24, 2.45) is 11.7 Å². The van der Waals surface area contributed by atoms with E-state index in [0.29, 0.717) is 11.9 Å². The summed E-state index contributed by atoms with van der Waals surface area (Å²) in [5.74, 6) is 1.42. The van der Waals surface area contributed by atoms with Gasteiger partial charge in [0.05, 0.1) is 0 Å². The summed E-state index contributed by atoms with van der Waals surface area (Å²) in [6.07, 6.45) is 9.18. The first-order chi connectivity index (χ1) is 19.7. The Morgan fingerprint density at radius 1 is 0.581 bits per heavy atom. The first-order valence-electron chi connectivity index (χ1n) is 15.9. The summed E-state index contributed by atoms with van der Waals surface area (Å²) in [5, 5.41) is 7.33. The summed E-state index contributed by atoms with van der Waals surface area (Å²) in [4.78, 5) is 0. The number of alkyl halides is 1. The molecule has 0 radical (unpaired) electrons. The third-order valence-electron chi connectivity index (χ3n) is 8.32. The van der Waals surface area contributed by atoms with Crippen LogP contribution in [0, 0.1) is 5.92 Å². The van der Waals surface area contributed by atoms with Crippen molar-refractivity contribution in [2.45, 2.75) is 147 Å². The van der Waals surface area contributed by atoms with E-state index < -0.39 is 17.6 Å². The van der Waals surface area contributed by atoms with Gasteiger partial charge in [-0.15, -0.1) is 11.6 Å². The number of hydrogen-bond donors (Lipinski definition) is 3. The van der Waals surface area contributed by atoms with Crippen LogP contribution >= 0.6 is 11.6 Å². The molecule has 0 amide bonds. The van der Waals surface area contributed by atoms with Crippen molar-refractivity contribution in [1.29, 1.82) is 0 Å². The molecule has 0 atom stereocenters. The molecule has 0 bridgehead atoms. The molecule has 0 aromatic heterocycles. The maximum Gasteiger partial charge on any atom is 0.500 e. The van der Waals surface area contributed by atoms with Crippen LogP contribution in [0.4, 0.5) is 0 Å². The van der Waals surface area contributed by atoms with Crippen molar-refractivity contribution in [3.05, 3.63) is 0 Å². The lowest BCUT2D eigenvalue weighted by atomic mass is 9.74. The van der Waals surface area contributed by atoms with Crippen molar-refractivity contribution in [2.75, 3.05) is 48.5 Å². The molecule has 12 heteroatoms. The van der Waals surface area contributed by atoms with Crippen LogP contribution in [0.2, 0.25) is 12.1 Å². The van der Waals surface area contributed by atoms with Gasteiger partial charge in [0, 0.05) is 88.8 Å². The van der Waals surface area contributed by atoms with E-state index in [1.165, 1.54) is 25.7 Å². The zero-order chi connectivity index (χ0) is 33.6. The molecule has 2 saturated heterocycles. The largest absolute Gasteiger partial charge is 0.500 e. The van der Waals surface area contributed by atoms with Gasteiger partial charge in [-0.05, 0) is 99.8 Å². The van der Waals surface area contributed by atoms with Crippen molar-refractivity contribution in [1.82, 2.24) is 10.6 Å². The van der Waals surface area contributed by atoms with Crippen molar-refractivity contribution < 1.29 is 26.6 Å². The number of nitrogens with one attached hydrogen (secondary N) is 2. The molecular weight excluding hydrogens is 602 g/mol. The molecule has 9 nitrogen and oxygen atoms in total. The SMILES string of the molecule is CC1(C)CC(N)CC(C)(C)N1.CO[Si](CCCCC1CC(C)(C)NC(C)(C)C1)(OC)OC.CO[Si](CCCCl)(OC)OC. The Bertz CT molecular complexity index is 705. The minimum absolute atomic E-state index is 0.209. The van der Waals surface area contributed by atoms with Crippen LogP contribution in [0.25, 0.3) is 0 Å². The molecule has 0 aromatic carbocycles. The zero-order valence-corrected chi connectivity index (χ0v) is 33.1. The minimum atomic E-state index is -2.37. The quantitative estimate of drug-likeness (QED) is 0.111. The molecule has 0 saturated carbocycles. The second kappa shape index (κ2) is 19.2. The molecule has 0 unspecified atom stereocenters. The molecule has 0 spiro atoms. The molecule has 260 valence electrons. The van der Waals surface area contributed by atoms with Gasteiger partial charge in [-0.2, -0.15) is 0 Å². The Hall–Kier alpha value is 0.364. The Kier molecular flexibility index (Phi) is 19.4. The number of halogens is 1. The lowest BCUT2D eigenvalue weighted by Crippen LogP contribution is -2.60. The second-order valence-electron chi connectivity index (χ2n) is 14.9. The van der Waals surface area contributed by atoms with E-state index in [1.807, 2.05) is 0 Å². The fourth-order valence-electron chi connectivity index (χ4n) is 7.31. The van der Waals surface area contributed by atoms with E-state index >= 15 is 0 Å².